The zero-order chi connectivity index (χ0) is 20.2. The van der Waals surface area contributed by atoms with Crippen LogP contribution in [0, 0.1) is 5.82 Å². The number of halogens is 2. The van der Waals surface area contributed by atoms with Crippen molar-refractivity contribution < 1.29 is 9.18 Å². The fraction of sp³-hybridized carbons (Fsp3) is 0.273. The molecule has 4 rings (SSSR count). The van der Waals surface area contributed by atoms with E-state index in [0.717, 1.165) is 36.3 Å². The SMILES string of the molecule is O=C(N[C@H]1CC[C@H](NCc2cnc(-c3ccccc3)[nH]2)C1)c1cc(F)cc(Cl)c1. The summed E-state index contributed by atoms with van der Waals surface area (Å²) in [6.45, 7) is 0.685. The summed E-state index contributed by atoms with van der Waals surface area (Å²) in [5, 5.41) is 6.72. The molecule has 0 unspecified atom stereocenters. The largest absolute Gasteiger partial charge is 0.349 e. The van der Waals surface area contributed by atoms with Crippen molar-refractivity contribution in [1.29, 1.82) is 0 Å². The Balaban J connectivity index is 1.27. The maximum atomic E-state index is 13.5. The van der Waals surface area contributed by atoms with Crippen LogP contribution in [0.15, 0.2) is 54.7 Å². The van der Waals surface area contributed by atoms with E-state index in [1.807, 2.05) is 36.5 Å². The van der Waals surface area contributed by atoms with Gasteiger partial charge >= 0.3 is 0 Å². The summed E-state index contributed by atoms with van der Waals surface area (Å²) < 4.78 is 13.5. The van der Waals surface area contributed by atoms with Crippen LogP contribution in [0.2, 0.25) is 5.02 Å². The van der Waals surface area contributed by atoms with Gasteiger partial charge in [-0.25, -0.2) is 9.37 Å². The molecule has 1 saturated carbocycles. The second-order valence-electron chi connectivity index (χ2n) is 7.34. The Hall–Kier alpha value is -2.70. The van der Waals surface area contributed by atoms with Crippen molar-refractivity contribution >= 4 is 17.5 Å². The first-order valence-electron chi connectivity index (χ1n) is 9.66. The van der Waals surface area contributed by atoms with E-state index in [4.69, 9.17) is 11.6 Å². The Labute approximate surface area is 173 Å². The van der Waals surface area contributed by atoms with Gasteiger partial charge in [0.25, 0.3) is 5.91 Å². The van der Waals surface area contributed by atoms with Gasteiger partial charge in [0.2, 0.25) is 0 Å². The summed E-state index contributed by atoms with van der Waals surface area (Å²) in [7, 11) is 0. The molecule has 0 saturated heterocycles. The van der Waals surface area contributed by atoms with Gasteiger partial charge in [-0.1, -0.05) is 41.9 Å². The summed E-state index contributed by atoms with van der Waals surface area (Å²) in [5.41, 5.74) is 2.32. The van der Waals surface area contributed by atoms with Gasteiger partial charge in [0.15, 0.2) is 0 Å². The highest BCUT2D eigenvalue weighted by atomic mass is 35.5. The number of amides is 1. The van der Waals surface area contributed by atoms with Crippen LogP contribution in [0.3, 0.4) is 0 Å². The third kappa shape index (κ3) is 5.02. The van der Waals surface area contributed by atoms with Crippen LogP contribution in [0.4, 0.5) is 4.39 Å². The Kier molecular flexibility index (Phi) is 5.92. The van der Waals surface area contributed by atoms with Crippen molar-refractivity contribution in [2.24, 2.45) is 0 Å². The molecule has 7 heteroatoms. The lowest BCUT2D eigenvalue weighted by Crippen LogP contribution is -2.35. The van der Waals surface area contributed by atoms with Crippen LogP contribution in [0.5, 0.6) is 0 Å². The van der Waals surface area contributed by atoms with Crippen molar-refractivity contribution in [3.8, 4) is 11.4 Å². The molecule has 0 spiro atoms. The highest BCUT2D eigenvalue weighted by Gasteiger charge is 2.26. The predicted octanol–water partition coefficient (Wildman–Crippen LogP) is 4.31. The van der Waals surface area contributed by atoms with E-state index in [0.29, 0.717) is 12.6 Å². The number of imidazole rings is 1. The number of aromatic nitrogens is 2. The van der Waals surface area contributed by atoms with Gasteiger partial charge in [0, 0.05) is 46.7 Å². The molecule has 29 heavy (non-hydrogen) atoms. The van der Waals surface area contributed by atoms with Gasteiger partial charge in [0.1, 0.15) is 11.6 Å². The highest BCUT2D eigenvalue weighted by molar-refractivity contribution is 6.31. The van der Waals surface area contributed by atoms with E-state index in [2.05, 4.69) is 20.6 Å². The van der Waals surface area contributed by atoms with Gasteiger partial charge in [-0.3, -0.25) is 4.79 Å². The van der Waals surface area contributed by atoms with Gasteiger partial charge in [0.05, 0.1) is 0 Å². The number of benzene rings is 2. The molecule has 1 fully saturated rings. The minimum absolute atomic E-state index is 0.0590. The number of carbonyl (C=O) groups is 1. The minimum atomic E-state index is -0.511. The van der Waals surface area contributed by atoms with Crippen molar-refractivity contribution in [1.82, 2.24) is 20.6 Å². The average Bonchev–Trinajstić information content (AvgIpc) is 3.36. The number of carbonyl (C=O) groups excluding carboxylic acids is 1. The summed E-state index contributed by atoms with van der Waals surface area (Å²) in [5.74, 6) is 0.0499. The highest BCUT2D eigenvalue weighted by Crippen LogP contribution is 2.21. The van der Waals surface area contributed by atoms with Gasteiger partial charge in [-0.15, -0.1) is 0 Å². The van der Waals surface area contributed by atoms with E-state index in [1.54, 1.807) is 0 Å². The second kappa shape index (κ2) is 8.76. The van der Waals surface area contributed by atoms with Crippen LogP contribution in [-0.4, -0.2) is 28.0 Å². The van der Waals surface area contributed by atoms with E-state index >= 15 is 0 Å². The van der Waals surface area contributed by atoms with Crippen molar-refractivity contribution in [2.45, 2.75) is 37.9 Å². The zero-order valence-electron chi connectivity index (χ0n) is 15.8. The van der Waals surface area contributed by atoms with E-state index < -0.39 is 5.82 Å². The lowest BCUT2D eigenvalue weighted by atomic mass is 10.1. The molecule has 3 N–H and O–H groups in total. The van der Waals surface area contributed by atoms with Crippen molar-refractivity contribution in [2.75, 3.05) is 0 Å². The third-order valence-electron chi connectivity index (χ3n) is 5.15. The Morgan fingerprint density at radius 2 is 1.97 bits per heavy atom. The lowest BCUT2D eigenvalue weighted by molar-refractivity contribution is 0.0937. The van der Waals surface area contributed by atoms with Gasteiger partial charge < -0.3 is 15.6 Å². The predicted molar refractivity (Wildman–Crippen MR) is 111 cm³/mol. The molecule has 1 aliphatic carbocycles. The Morgan fingerprint density at radius 1 is 1.17 bits per heavy atom. The van der Waals surface area contributed by atoms with Crippen molar-refractivity contribution in [3.63, 3.8) is 0 Å². The fourth-order valence-corrected chi connectivity index (χ4v) is 3.92. The first kappa shape index (κ1) is 19.6. The Morgan fingerprint density at radius 3 is 2.76 bits per heavy atom. The molecule has 0 aliphatic heterocycles. The summed E-state index contributed by atoms with van der Waals surface area (Å²) in [4.78, 5) is 20.1. The normalized spacial score (nSPS) is 18.7. The monoisotopic (exact) mass is 412 g/mol. The smallest absolute Gasteiger partial charge is 0.251 e. The number of nitrogens with one attached hydrogen (secondary N) is 3. The molecule has 150 valence electrons. The van der Waals surface area contributed by atoms with E-state index in [9.17, 15) is 9.18 Å². The number of hydrogen-bond acceptors (Lipinski definition) is 3. The molecule has 1 aliphatic rings. The van der Waals surface area contributed by atoms with Gasteiger partial charge in [-0.05, 0) is 37.5 Å². The van der Waals surface area contributed by atoms with E-state index in [-0.39, 0.29) is 22.5 Å². The molecular formula is C22H22ClFN4O. The molecule has 3 aromatic rings. The Bertz CT molecular complexity index is 971. The standard InChI is InChI=1S/C22H22ClFN4O/c23-16-8-15(9-17(24)10-16)22(29)28-19-7-6-18(11-19)25-12-20-13-26-21(27-20)14-4-2-1-3-5-14/h1-5,8-10,13,18-19,25H,6-7,11-12H2,(H,26,27)(H,28,29)/t18-,19-/m0/s1. The molecule has 1 heterocycles. The average molecular weight is 413 g/mol. The summed E-state index contributed by atoms with van der Waals surface area (Å²) in [6.07, 6.45) is 4.52. The number of nitrogens with zero attached hydrogens (tertiary/aromatic N) is 1. The maximum absolute atomic E-state index is 13.5. The molecular weight excluding hydrogens is 391 g/mol. The zero-order valence-corrected chi connectivity index (χ0v) is 16.5. The maximum Gasteiger partial charge on any atom is 0.251 e. The van der Waals surface area contributed by atoms with Crippen LogP contribution in [-0.2, 0) is 6.54 Å². The van der Waals surface area contributed by atoms with Crippen LogP contribution in [0.1, 0.15) is 35.3 Å². The molecule has 0 radical (unpaired) electrons. The molecule has 1 amide bonds. The van der Waals surface area contributed by atoms with Gasteiger partial charge in [-0.2, -0.15) is 0 Å². The first-order chi connectivity index (χ1) is 14.1. The van der Waals surface area contributed by atoms with Crippen LogP contribution >= 0.6 is 11.6 Å². The molecule has 0 bridgehead atoms. The quantitative estimate of drug-likeness (QED) is 0.565. The summed E-state index contributed by atoms with van der Waals surface area (Å²) >= 11 is 5.84. The molecule has 5 nitrogen and oxygen atoms in total. The molecule has 2 aromatic carbocycles. The minimum Gasteiger partial charge on any atom is -0.349 e. The summed E-state index contributed by atoms with van der Waals surface area (Å²) in [6, 6.07) is 14.2. The number of rotatable bonds is 6. The number of hydrogen-bond donors (Lipinski definition) is 3. The van der Waals surface area contributed by atoms with E-state index in [1.165, 1.54) is 18.2 Å². The topological polar surface area (TPSA) is 69.8 Å². The van der Waals surface area contributed by atoms with Crippen LogP contribution < -0.4 is 10.6 Å². The third-order valence-corrected chi connectivity index (χ3v) is 5.37. The molecule has 2 atom stereocenters. The van der Waals surface area contributed by atoms with Crippen molar-refractivity contribution in [3.05, 3.63) is 76.8 Å². The number of aromatic amines is 1. The first-order valence-corrected chi connectivity index (χ1v) is 10.0. The number of H-pyrrole nitrogens is 1. The second-order valence-corrected chi connectivity index (χ2v) is 7.78. The molecule has 1 aromatic heterocycles. The van der Waals surface area contributed by atoms with Crippen LogP contribution in [0.25, 0.3) is 11.4 Å². The lowest BCUT2D eigenvalue weighted by Gasteiger charge is -2.14. The fourth-order valence-electron chi connectivity index (χ4n) is 3.70.